The summed E-state index contributed by atoms with van der Waals surface area (Å²) in [6.07, 6.45) is 0.625. The van der Waals surface area contributed by atoms with E-state index in [0.717, 1.165) is 5.56 Å². The molecule has 7 heteroatoms. The molecule has 1 unspecified atom stereocenters. The molecule has 0 saturated carbocycles. The second-order valence-corrected chi connectivity index (χ2v) is 6.53. The van der Waals surface area contributed by atoms with Crippen molar-refractivity contribution in [3.8, 4) is 11.5 Å². The molecule has 0 aliphatic carbocycles. The van der Waals surface area contributed by atoms with Crippen molar-refractivity contribution < 1.29 is 14.3 Å². The molecule has 1 aliphatic heterocycles. The normalized spacial score (nSPS) is 16.1. The summed E-state index contributed by atoms with van der Waals surface area (Å²) in [5.74, 6) is 0.595. The van der Waals surface area contributed by atoms with Gasteiger partial charge in [-0.05, 0) is 30.3 Å². The third-order valence-corrected chi connectivity index (χ3v) is 4.65. The van der Waals surface area contributed by atoms with Crippen molar-refractivity contribution in [2.45, 2.75) is 12.5 Å². The highest BCUT2D eigenvalue weighted by molar-refractivity contribution is 6.37. The van der Waals surface area contributed by atoms with E-state index >= 15 is 0 Å². The smallest absolute Gasteiger partial charge is 0.257 e. The minimum Gasteiger partial charge on any atom is -0.494 e. The second kappa shape index (κ2) is 7.09. The lowest BCUT2D eigenvalue weighted by Crippen LogP contribution is -2.32. The molecular weight excluding hydrogens is 373 g/mol. The molecule has 24 heavy (non-hydrogen) atoms. The summed E-state index contributed by atoms with van der Waals surface area (Å²) >= 11 is 18.3. The van der Waals surface area contributed by atoms with E-state index in [1.807, 2.05) is 0 Å². The van der Waals surface area contributed by atoms with Crippen LogP contribution >= 0.6 is 34.8 Å². The number of amides is 1. The molecular formula is C17H14Cl3NO3. The lowest BCUT2D eigenvalue weighted by Gasteiger charge is -2.27. The van der Waals surface area contributed by atoms with Gasteiger partial charge in [0.15, 0.2) is 5.75 Å². The SMILES string of the molecule is COc1c(Cl)ccc(Cl)c1C(=O)NC1CCOc2ccc(Cl)cc21. The van der Waals surface area contributed by atoms with Gasteiger partial charge in [0.1, 0.15) is 11.3 Å². The van der Waals surface area contributed by atoms with E-state index in [4.69, 9.17) is 44.3 Å². The van der Waals surface area contributed by atoms with Crippen molar-refractivity contribution >= 4 is 40.7 Å². The van der Waals surface area contributed by atoms with Gasteiger partial charge < -0.3 is 14.8 Å². The van der Waals surface area contributed by atoms with Crippen LogP contribution in [0.3, 0.4) is 0 Å². The first kappa shape index (κ1) is 17.2. The van der Waals surface area contributed by atoms with E-state index in [1.54, 1.807) is 30.3 Å². The molecule has 1 N–H and O–H groups in total. The number of halogens is 3. The van der Waals surface area contributed by atoms with Crippen molar-refractivity contribution in [3.05, 3.63) is 56.5 Å². The standard InChI is InChI=1S/C17H14Cl3NO3/c1-23-16-12(20)4-3-11(19)15(16)17(22)21-13-6-7-24-14-5-2-9(18)8-10(13)14/h2-5,8,13H,6-7H2,1H3,(H,21,22). The molecule has 1 heterocycles. The fraction of sp³-hybridized carbons (Fsp3) is 0.235. The van der Waals surface area contributed by atoms with E-state index in [1.165, 1.54) is 7.11 Å². The number of hydrogen-bond acceptors (Lipinski definition) is 3. The van der Waals surface area contributed by atoms with Crippen molar-refractivity contribution in [3.63, 3.8) is 0 Å². The Kier molecular flexibility index (Phi) is 5.09. The number of nitrogens with one attached hydrogen (secondary N) is 1. The average Bonchev–Trinajstić information content (AvgIpc) is 2.57. The maximum absolute atomic E-state index is 12.8. The van der Waals surface area contributed by atoms with Crippen LogP contribution in [0.5, 0.6) is 11.5 Å². The number of rotatable bonds is 3. The number of fused-ring (bicyclic) bond motifs is 1. The van der Waals surface area contributed by atoms with Crippen LogP contribution in [0.2, 0.25) is 15.1 Å². The van der Waals surface area contributed by atoms with Crippen molar-refractivity contribution in [1.29, 1.82) is 0 Å². The molecule has 0 aromatic heterocycles. The van der Waals surface area contributed by atoms with Gasteiger partial charge in [0.2, 0.25) is 0 Å². The minimum absolute atomic E-state index is 0.210. The Hall–Kier alpha value is -1.62. The Bertz CT molecular complexity index is 795. The Morgan fingerprint density at radius 1 is 1.21 bits per heavy atom. The van der Waals surface area contributed by atoms with E-state index in [2.05, 4.69) is 5.32 Å². The average molecular weight is 387 g/mol. The number of benzene rings is 2. The highest BCUT2D eigenvalue weighted by Crippen LogP contribution is 2.37. The van der Waals surface area contributed by atoms with Gasteiger partial charge in [-0.15, -0.1) is 0 Å². The van der Waals surface area contributed by atoms with Crippen LogP contribution in [0.15, 0.2) is 30.3 Å². The van der Waals surface area contributed by atoms with E-state index in [-0.39, 0.29) is 28.3 Å². The van der Waals surface area contributed by atoms with Crippen LogP contribution in [-0.2, 0) is 0 Å². The number of methoxy groups -OCH3 is 1. The quantitative estimate of drug-likeness (QED) is 0.815. The molecule has 0 bridgehead atoms. The Balaban J connectivity index is 1.93. The summed E-state index contributed by atoms with van der Waals surface area (Å²) in [6, 6.07) is 8.25. The zero-order chi connectivity index (χ0) is 17.3. The van der Waals surface area contributed by atoms with Gasteiger partial charge in [0, 0.05) is 17.0 Å². The summed E-state index contributed by atoms with van der Waals surface area (Å²) in [6.45, 7) is 0.500. The number of ether oxygens (including phenoxy) is 2. The van der Waals surface area contributed by atoms with E-state index in [0.29, 0.717) is 28.8 Å². The monoisotopic (exact) mass is 385 g/mol. The molecule has 1 amide bonds. The van der Waals surface area contributed by atoms with Gasteiger partial charge in [-0.1, -0.05) is 34.8 Å². The predicted octanol–water partition coefficient (Wildman–Crippen LogP) is 4.91. The van der Waals surface area contributed by atoms with Gasteiger partial charge >= 0.3 is 0 Å². The number of hydrogen-bond donors (Lipinski definition) is 1. The molecule has 0 radical (unpaired) electrons. The van der Waals surface area contributed by atoms with Crippen LogP contribution in [0.4, 0.5) is 0 Å². The third-order valence-electron chi connectivity index (χ3n) is 3.81. The predicted molar refractivity (Wildman–Crippen MR) is 94.8 cm³/mol. The van der Waals surface area contributed by atoms with Crippen LogP contribution in [0.25, 0.3) is 0 Å². The molecule has 1 aliphatic rings. The molecule has 126 valence electrons. The second-order valence-electron chi connectivity index (χ2n) is 5.28. The number of carbonyl (C=O) groups excluding carboxylic acids is 1. The van der Waals surface area contributed by atoms with Crippen LogP contribution in [0, 0.1) is 0 Å². The van der Waals surface area contributed by atoms with Gasteiger partial charge in [-0.2, -0.15) is 0 Å². The fourth-order valence-electron chi connectivity index (χ4n) is 2.69. The largest absolute Gasteiger partial charge is 0.494 e. The Morgan fingerprint density at radius 2 is 1.96 bits per heavy atom. The highest BCUT2D eigenvalue weighted by atomic mass is 35.5. The number of carbonyl (C=O) groups is 1. The summed E-state index contributed by atoms with van der Waals surface area (Å²) in [5.41, 5.74) is 1.04. The lowest BCUT2D eigenvalue weighted by atomic mass is 10.00. The zero-order valence-corrected chi connectivity index (χ0v) is 15.0. The first-order valence-electron chi connectivity index (χ1n) is 7.26. The fourth-order valence-corrected chi connectivity index (χ4v) is 3.34. The van der Waals surface area contributed by atoms with Gasteiger partial charge in [-0.3, -0.25) is 4.79 Å². The van der Waals surface area contributed by atoms with Gasteiger partial charge in [-0.25, -0.2) is 0 Å². The lowest BCUT2D eigenvalue weighted by molar-refractivity contribution is 0.0922. The van der Waals surface area contributed by atoms with Gasteiger partial charge in [0.25, 0.3) is 5.91 Å². The van der Waals surface area contributed by atoms with E-state index < -0.39 is 0 Å². The summed E-state index contributed by atoms with van der Waals surface area (Å²) in [5, 5.41) is 4.13. The molecule has 2 aromatic rings. The highest BCUT2D eigenvalue weighted by Gasteiger charge is 2.26. The Labute approximate surface area is 154 Å². The molecule has 0 saturated heterocycles. The van der Waals surface area contributed by atoms with Crippen LogP contribution in [-0.4, -0.2) is 19.6 Å². The zero-order valence-electron chi connectivity index (χ0n) is 12.7. The van der Waals surface area contributed by atoms with Gasteiger partial charge in [0.05, 0.1) is 29.8 Å². The summed E-state index contributed by atoms with van der Waals surface area (Å²) in [7, 11) is 1.44. The molecule has 4 nitrogen and oxygen atoms in total. The topological polar surface area (TPSA) is 47.6 Å². The molecule has 0 fully saturated rings. The molecule has 1 atom stereocenters. The van der Waals surface area contributed by atoms with Crippen molar-refractivity contribution in [1.82, 2.24) is 5.32 Å². The molecule has 2 aromatic carbocycles. The minimum atomic E-state index is -0.364. The van der Waals surface area contributed by atoms with Crippen LogP contribution < -0.4 is 14.8 Å². The maximum Gasteiger partial charge on any atom is 0.257 e. The maximum atomic E-state index is 12.8. The summed E-state index contributed by atoms with van der Waals surface area (Å²) < 4.78 is 10.8. The summed E-state index contributed by atoms with van der Waals surface area (Å²) in [4.78, 5) is 12.8. The first-order valence-corrected chi connectivity index (χ1v) is 8.39. The molecule has 3 rings (SSSR count). The Morgan fingerprint density at radius 3 is 2.71 bits per heavy atom. The van der Waals surface area contributed by atoms with Crippen molar-refractivity contribution in [2.24, 2.45) is 0 Å². The van der Waals surface area contributed by atoms with Crippen molar-refractivity contribution in [2.75, 3.05) is 13.7 Å². The van der Waals surface area contributed by atoms with Crippen LogP contribution in [0.1, 0.15) is 28.4 Å². The van der Waals surface area contributed by atoms with E-state index in [9.17, 15) is 4.79 Å². The third kappa shape index (κ3) is 3.27. The molecule has 0 spiro atoms. The first-order chi connectivity index (χ1) is 11.5.